The second kappa shape index (κ2) is 7.78. The fourth-order valence-electron chi connectivity index (χ4n) is 3.73. The van der Waals surface area contributed by atoms with Crippen LogP contribution in [0.4, 0.5) is 0 Å². The van der Waals surface area contributed by atoms with Crippen LogP contribution in [0.5, 0.6) is 0 Å². The summed E-state index contributed by atoms with van der Waals surface area (Å²) < 4.78 is 1.24. The van der Waals surface area contributed by atoms with Crippen molar-refractivity contribution in [3.63, 3.8) is 0 Å². The van der Waals surface area contributed by atoms with Gasteiger partial charge in [-0.3, -0.25) is 4.98 Å². The second-order valence-electron chi connectivity index (χ2n) is 6.64. The maximum absolute atomic E-state index is 4.32. The third-order valence-electron chi connectivity index (χ3n) is 4.99. The van der Waals surface area contributed by atoms with E-state index in [1.807, 2.05) is 6.20 Å². The molecule has 0 radical (unpaired) electrons. The zero-order chi connectivity index (χ0) is 14.3. The minimum Gasteiger partial charge on any atom is -0.320 e. The van der Waals surface area contributed by atoms with E-state index in [1.165, 1.54) is 74.5 Å². The van der Waals surface area contributed by atoms with Crippen molar-refractivity contribution in [2.75, 3.05) is 20.1 Å². The van der Waals surface area contributed by atoms with Gasteiger partial charge in [0.25, 0.3) is 0 Å². The molecule has 1 unspecified atom stereocenters. The van der Waals surface area contributed by atoms with Gasteiger partial charge in [0.15, 0.2) is 0 Å². The normalized spacial score (nSPS) is 26.0. The van der Waals surface area contributed by atoms with E-state index in [0.29, 0.717) is 6.04 Å². The maximum atomic E-state index is 4.32. The third-order valence-corrected chi connectivity index (χ3v) is 4.99. The van der Waals surface area contributed by atoms with Gasteiger partial charge in [0, 0.05) is 30.8 Å². The predicted octanol–water partition coefficient (Wildman–Crippen LogP) is 4.72. The average Bonchev–Trinajstić information content (AvgIpc) is 2.86. The summed E-state index contributed by atoms with van der Waals surface area (Å²) in [6.07, 6.45) is 15.1. The van der Waals surface area contributed by atoms with Crippen molar-refractivity contribution in [3.05, 3.63) is 30.1 Å². The molecule has 20 heavy (non-hydrogen) atoms. The van der Waals surface area contributed by atoms with E-state index in [-0.39, 0.29) is 0 Å². The Balaban J connectivity index is 1.82. The first kappa shape index (κ1) is 15.5. The summed E-state index contributed by atoms with van der Waals surface area (Å²) in [5, 5.41) is 0. The van der Waals surface area contributed by atoms with Crippen molar-refractivity contribution < 1.29 is 4.48 Å². The van der Waals surface area contributed by atoms with Gasteiger partial charge in [0.05, 0.1) is 20.1 Å². The minimum absolute atomic E-state index is 0.680. The molecular weight excluding hydrogens is 244 g/mol. The highest BCUT2D eigenvalue weighted by Gasteiger charge is 2.38. The number of hydrogen-bond acceptors (Lipinski definition) is 1. The molecule has 2 nitrogen and oxygen atoms in total. The van der Waals surface area contributed by atoms with Crippen LogP contribution in [-0.2, 0) is 0 Å². The number of pyridine rings is 1. The Kier molecular flexibility index (Phi) is 6.03. The summed E-state index contributed by atoms with van der Waals surface area (Å²) in [7, 11) is 2.46. The van der Waals surface area contributed by atoms with E-state index in [2.05, 4.69) is 37.3 Å². The first-order chi connectivity index (χ1) is 9.76. The summed E-state index contributed by atoms with van der Waals surface area (Å²) in [6, 6.07) is 5.03. The number of aromatic nitrogens is 1. The fraction of sp³-hybridized carbons (Fsp3) is 0.722. The molecule has 2 rings (SSSR count). The summed E-state index contributed by atoms with van der Waals surface area (Å²) in [5.41, 5.74) is 1.44. The number of hydrogen-bond donors (Lipinski definition) is 0. The molecule has 2 heteroatoms. The summed E-state index contributed by atoms with van der Waals surface area (Å²) in [5.74, 6) is 0. The quantitative estimate of drug-likeness (QED) is 0.494. The van der Waals surface area contributed by atoms with Crippen LogP contribution in [0.25, 0.3) is 0 Å². The van der Waals surface area contributed by atoms with Crippen LogP contribution in [0.3, 0.4) is 0 Å². The smallest absolute Gasteiger partial charge is 0.116 e. The highest BCUT2D eigenvalue weighted by atomic mass is 15.4. The lowest BCUT2D eigenvalue weighted by Crippen LogP contribution is -2.43. The highest BCUT2D eigenvalue weighted by Crippen LogP contribution is 2.37. The van der Waals surface area contributed by atoms with E-state index in [1.54, 1.807) is 0 Å². The number of nitrogens with zero attached hydrogens (tertiary/aromatic N) is 2. The van der Waals surface area contributed by atoms with Crippen molar-refractivity contribution in [1.82, 2.24) is 4.98 Å². The Labute approximate surface area is 124 Å². The van der Waals surface area contributed by atoms with Gasteiger partial charge in [0.1, 0.15) is 6.04 Å². The zero-order valence-electron chi connectivity index (χ0n) is 13.4. The molecule has 2 atom stereocenters. The molecule has 0 saturated carbocycles. The van der Waals surface area contributed by atoms with E-state index in [0.717, 1.165) is 0 Å². The number of rotatable bonds is 8. The fourth-order valence-corrected chi connectivity index (χ4v) is 3.73. The first-order valence-electron chi connectivity index (χ1n) is 8.50. The van der Waals surface area contributed by atoms with Crippen LogP contribution < -0.4 is 0 Å². The monoisotopic (exact) mass is 275 g/mol. The van der Waals surface area contributed by atoms with E-state index in [9.17, 15) is 0 Å². The Morgan fingerprint density at radius 2 is 2.00 bits per heavy atom. The molecule has 1 aliphatic heterocycles. The molecule has 112 valence electrons. The van der Waals surface area contributed by atoms with Gasteiger partial charge in [-0.1, -0.05) is 38.7 Å². The Hall–Kier alpha value is -0.890. The standard InChI is InChI=1S/C18H31N2/c1-3-4-5-6-7-8-14-20(2)15-10-12-18(20)17-11-9-13-19-16-17/h9,11,13,16,18H,3-8,10,12,14-15H2,1-2H3/q+1/t18-,20?/m1/s1. The van der Waals surface area contributed by atoms with Crippen molar-refractivity contribution in [2.45, 2.75) is 64.3 Å². The largest absolute Gasteiger partial charge is 0.320 e. The molecule has 2 heterocycles. The second-order valence-corrected chi connectivity index (χ2v) is 6.64. The highest BCUT2D eigenvalue weighted by molar-refractivity contribution is 5.12. The maximum Gasteiger partial charge on any atom is 0.116 e. The number of quaternary nitrogens is 1. The topological polar surface area (TPSA) is 12.9 Å². The molecule has 1 aromatic heterocycles. The molecular formula is C18H31N2+. The van der Waals surface area contributed by atoms with Gasteiger partial charge < -0.3 is 4.48 Å². The summed E-state index contributed by atoms with van der Waals surface area (Å²) in [6.45, 7) is 4.97. The molecule has 0 aromatic carbocycles. The Bertz CT molecular complexity index is 376. The van der Waals surface area contributed by atoms with Crippen LogP contribution in [-0.4, -0.2) is 29.6 Å². The van der Waals surface area contributed by atoms with Gasteiger partial charge >= 0.3 is 0 Å². The molecule has 0 amide bonds. The van der Waals surface area contributed by atoms with Crippen LogP contribution in [0.2, 0.25) is 0 Å². The van der Waals surface area contributed by atoms with Gasteiger partial charge in [-0.05, 0) is 18.9 Å². The van der Waals surface area contributed by atoms with Crippen molar-refractivity contribution in [2.24, 2.45) is 0 Å². The third kappa shape index (κ3) is 4.05. The van der Waals surface area contributed by atoms with Crippen molar-refractivity contribution in [3.8, 4) is 0 Å². The number of unbranched alkanes of at least 4 members (excludes halogenated alkanes) is 5. The van der Waals surface area contributed by atoms with Crippen LogP contribution in [0, 0.1) is 0 Å². The molecule has 0 aliphatic carbocycles. The van der Waals surface area contributed by atoms with Crippen LogP contribution in [0.1, 0.15) is 69.9 Å². The predicted molar refractivity (Wildman–Crippen MR) is 85.5 cm³/mol. The molecule has 1 aliphatic rings. The van der Waals surface area contributed by atoms with Crippen molar-refractivity contribution >= 4 is 0 Å². The van der Waals surface area contributed by atoms with Gasteiger partial charge in [-0.15, -0.1) is 0 Å². The average molecular weight is 275 g/mol. The van der Waals surface area contributed by atoms with Crippen molar-refractivity contribution in [1.29, 1.82) is 0 Å². The van der Waals surface area contributed by atoms with E-state index >= 15 is 0 Å². The summed E-state index contributed by atoms with van der Waals surface area (Å²) in [4.78, 5) is 4.32. The lowest BCUT2D eigenvalue weighted by Gasteiger charge is -2.36. The minimum atomic E-state index is 0.680. The van der Waals surface area contributed by atoms with Crippen LogP contribution >= 0.6 is 0 Å². The molecule has 1 fully saturated rings. The molecule has 0 N–H and O–H groups in total. The van der Waals surface area contributed by atoms with E-state index in [4.69, 9.17) is 0 Å². The van der Waals surface area contributed by atoms with Crippen LogP contribution in [0.15, 0.2) is 24.5 Å². The van der Waals surface area contributed by atoms with E-state index < -0.39 is 0 Å². The number of likely N-dealkylation sites (tertiary alicyclic amines) is 1. The molecule has 0 bridgehead atoms. The molecule has 0 spiro atoms. The summed E-state index contributed by atoms with van der Waals surface area (Å²) >= 11 is 0. The first-order valence-corrected chi connectivity index (χ1v) is 8.50. The van der Waals surface area contributed by atoms with Gasteiger partial charge in [-0.25, -0.2) is 0 Å². The Morgan fingerprint density at radius 3 is 2.75 bits per heavy atom. The van der Waals surface area contributed by atoms with Gasteiger partial charge in [0.2, 0.25) is 0 Å². The Morgan fingerprint density at radius 1 is 1.20 bits per heavy atom. The SMILES string of the molecule is CCCCCCCC[N+]1(C)CCC[C@@H]1c1cccnc1. The molecule has 1 aromatic rings. The lowest BCUT2D eigenvalue weighted by atomic mass is 10.0. The van der Waals surface area contributed by atoms with Gasteiger partial charge in [-0.2, -0.15) is 0 Å². The lowest BCUT2D eigenvalue weighted by molar-refractivity contribution is -0.927. The zero-order valence-corrected chi connectivity index (χ0v) is 13.4. The molecule has 1 saturated heterocycles.